The topological polar surface area (TPSA) is 55.2 Å². The number of anilines is 1. The summed E-state index contributed by atoms with van der Waals surface area (Å²) >= 11 is 5.69. The molecule has 0 radical (unpaired) electrons. The van der Waals surface area contributed by atoms with Crippen LogP contribution in [-0.2, 0) is 11.3 Å². The van der Waals surface area contributed by atoms with Crippen LogP contribution in [-0.4, -0.2) is 22.5 Å². The Morgan fingerprint density at radius 1 is 1.03 bits per heavy atom. The SMILES string of the molecule is CN1C(=O)/C(=C\c2nc3ccc(I)cc3c(=O)n2Cc2ccccc2)c2cc(Br)ccc21. The summed E-state index contributed by atoms with van der Waals surface area (Å²) in [5.41, 5.74) is 3.63. The molecule has 1 aliphatic heterocycles. The zero-order chi connectivity index (χ0) is 22.4. The van der Waals surface area contributed by atoms with Crippen LogP contribution in [0, 0.1) is 3.57 Å². The zero-order valence-electron chi connectivity index (χ0n) is 17.0. The van der Waals surface area contributed by atoms with Gasteiger partial charge in [0.2, 0.25) is 0 Å². The highest BCUT2D eigenvalue weighted by Gasteiger charge is 2.30. The summed E-state index contributed by atoms with van der Waals surface area (Å²) in [7, 11) is 1.75. The van der Waals surface area contributed by atoms with E-state index in [1.54, 1.807) is 22.6 Å². The Morgan fingerprint density at radius 2 is 1.81 bits per heavy atom. The molecule has 0 fully saturated rings. The molecule has 1 aromatic heterocycles. The van der Waals surface area contributed by atoms with Crippen molar-refractivity contribution in [2.24, 2.45) is 0 Å². The Hall–Kier alpha value is -2.78. The van der Waals surface area contributed by atoms with Crippen LogP contribution in [0.5, 0.6) is 0 Å². The van der Waals surface area contributed by atoms with Gasteiger partial charge < -0.3 is 4.90 Å². The van der Waals surface area contributed by atoms with Gasteiger partial charge in [-0.1, -0.05) is 46.3 Å². The molecule has 0 saturated carbocycles. The van der Waals surface area contributed by atoms with Crippen molar-refractivity contribution in [3.05, 3.63) is 102 Å². The lowest BCUT2D eigenvalue weighted by Gasteiger charge is -2.12. The minimum atomic E-state index is -0.127. The van der Waals surface area contributed by atoms with Crippen molar-refractivity contribution in [1.82, 2.24) is 9.55 Å². The number of carbonyl (C=O) groups excluding carboxylic acids is 1. The summed E-state index contributed by atoms with van der Waals surface area (Å²) in [5, 5.41) is 0.563. The van der Waals surface area contributed by atoms with Crippen molar-refractivity contribution in [3.63, 3.8) is 0 Å². The minimum Gasteiger partial charge on any atom is -0.311 e. The molecule has 0 bridgehead atoms. The van der Waals surface area contributed by atoms with Crippen LogP contribution in [0.2, 0.25) is 0 Å². The first-order valence-electron chi connectivity index (χ1n) is 9.96. The number of hydrogen-bond donors (Lipinski definition) is 0. The highest BCUT2D eigenvalue weighted by atomic mass is 127. The summed E-state index contributed by atoms with van der Waals surface area (Å²) in [4.78, 5) is 33.0. The van der Waals surface area contributed by atoms with Gasteiger partial charge in [0.15, 0.2) is 0 Å². The van der Waals surface area contributed by atoms with Crippen molar-refractivity contribution in [2.75, 3.05) is 11.9 Å². The second-order valence-electron chi connectivity index (χ2n) is 7.59. The van der Waals surface area contributed by atoms with Crippen LogP contribution in [0.25, 0.3) is 22.6 Å². The first-order valence-corrected chi connectivity index (χ1v) is 11.8. The van der Waals surface area contributed by atoms with E-state index in [2.05, 4.69) is 38.5 Å². The van der Waals surface area contributed by atoms with E-state index in [-0.39, 0.29) is 11.5 Å². The van der Waals surface area contributed by atoms with Crippen molar-refractivity contribution in [2.45, 2.75) is 6.54 Å². The van der Waals surface area contributed by atoms with Gasteiger partial charge >= 0.3 is 0 Å². The van der Waals surface area contributed by atoms with Gasteiger partial charge in [-0.25, -0.2) is 4.98 Å². The predicted molar refractivity (Wildman–Crippen MR) is 140 cm³/mol. The van der Waals surface area contributed by atoms with Gasteiger partial charge in [-0.3, -0.25) is 14.2 Å². The molecule has 2 heterocycles. The molecule has 0 spiro atoms. The Balaban J connectivity index is 1.76. The summed E-state index contributed by atoms with van der Waals surface area (Å²) < 4.78 is 3.50. The van der Waals surface area contributed by atoms with Gasteiger partial charge in [-0.05, 0) is 70.6 Å². The van der Waals surface area contributed by atoms with Crippen LogP contribution < -0.4 is 10.5 Å². The van der Waals surface area contributed by atoms with Crippen molar-refractivity contribution in [1.29, 1.82) is 0 Å². The third kappa shape index (κ3) is 3.69. The molecule has 4 aromatic rings. The maximum absolute atomic E-state index is 13.5. The zero-order valence-corrected chi connectivity index (χ0v) is 20.8. The van der Waals surface area contributed by atoms with E-state index < -0.39 is 0 Å². The maximum atomic E-state index is 13.5. The standard InChI is InChI=1S/C25H17BrIN3O2/c1-29-22-10-7-16(26)11-18(22)19(24(29)31)13-23-28-21-9-8-17(27)12-20(21)25(32)30(23)14-15-5-3-2-4-6-15/h2-13H,14H2,1H3/b19-13-. The van der Waals surface area contributed by atoms with Gasteiger partial charge in [-0.2, -0.15) is 0 Å². The predicted octanol–water partition coefficient (Wildman–Crippen LogP) is 5.33. The highest BCUT2D eigenvalue weighted by Crippen LogP contribution is 2.38. The fraction of sp³-hybridized carbons (Fsp3) is 0.0800. The molecule has 158 valence electrons. The third-order valence-corrected chi connectivity index (χ3v) is 6.71. The molecule has 7 heteroatoms. The van der Waals surface area contributed by atoms with Crippen molar-refractivity contribution < 1.29 is 4.79 Å². The molecule has 1 aliphatic rings. The van der Waals surface area contributed by atoms with E-state index in [1.165, 1.54) is 0 Å². The number of hydrogen-bond acceptors (Lipinski definition) is 3. The van der Waals surface area contributed by atoms with Crippen molar-refractivity contribution in [3.8, 4) is 0 Å². The summed E-state index contributed by atoms with van der Waals surface area (Å²) in [5.74, 6) is 0.332. The molecule has 3 aromatic carbocycles. The monoisotopic (exact) mass is 597 g/mol. The number of carbonyl (C=O) groups is 1. The lowest BCUT2D eigenvalue weighted by molar-refractivity contribution is -0.112. The van der Waals surface area contributed by atoms with Crippen LogP contribution in [0.4, 0.5) is 5.69 Å². The van der Waals surface area contributed by atoms with Gasteiger partial charge in [0.1, 0.15) is 5.82 Å². The number of fused-ring (bicyclic) bond motifs is 2. The quantitative estimate of drug-likeness (QED) is 0.237. The third-order valence-electron chi connectivity index (χ3n) is 5.55. The molecule has 0 saturated heterocycles. The summed E-state index contributed by atoms with van der Waals surface area (Å²) in [6.07, 6.45) is 1.73. The van der Waals surface area contributed by atoms with Gasteiger partial charge in [0, 0.05) is 20.7 Å². The largest absolute Gasteiger partial charge is 0.311 e. The van der Waals surface area contributed by atoms with Gasteiger partial charge in [0.05, 0.1) is 28.7 Å². The highest BCUT2D eigenvalue weighted by molar-refractivity contribution is 14.1. The number of benzene rings is 3. The summed E-state index contributed by atoms with van der Waals surface area (Å²) in [6, 6.07) is 21.1. The second kappa shape index (κ2) is 8.29. The molecule has 5 nitrogen and oxygen atoms in total. The fourth-order valence-electron chi connectivity index (χ4n) is 3.93. The molecule has 0 unspecified atom stereocenters. The van der Waals surface area contributed by atoms with Gasteiger partial charge in [0.25, 0.3) is 11.5 Å². The van der Waals surface area contributed by atoms with E-state index in [9.17, 15) is 9.59 Å². The number of rotatable bonds is 3. The first kappa shape index (κ1) is 21.1. The normalized spacial score (nSPS) is 14.4. The minimum absolute atomic E-state index is 0.124. The number of likely N-dealkylation sites (N-methyl/N-ethyl adjacent to an activating group) is 1. The lowest BCUT2D eigenvalue weighted by Crippen LogP contribution is -2.25. The van der Waals surface area contributed by atoms with Gasteiger partial charge in [-0.15, -0.1) is 0 Å². The first-order chi connectivity index (χ1) is 15.4. The van der Waals surface area contributed by atoms with Crippen LogP contribution in [0.15, 0.2) is 76.0 Å². The maximum Gasteiger partial charge on any atom is 0.261 e. The van der Waals surface area contributed by atoms with E-state index in [0.717, 1.165) is 24.9 Å². The molecular formula is C25H17BrIN3O2. The van der Waals surface area contributed by atoms with E-state index in [1.807, 2.05) is 66.7 Å². The molecule has 32 heavy (non-hydrogen) atoms. The van der Waals surface area contributed by atoms with Crippen molar-refractivity contribution >= 4 is 72.7 Å². The fourth-order valence-corrected chi connectivity index (χ4v) is 4.78. The van der Waals surface area contributed by atoms with E-state index in [4.69, 9.17) is 4.98 Å². The van der Waals surface area contributed by atoms with E-state index in [0.29, 0.717) is 28.8 Å². The Bertz CT molecular complexity index is 1480. The molecule has 0 aliphatic carbocycles. The molecule has 1 amide bonds. The van der Waals surface area contributed by atoms with Crippen LogP contribution in [0.1, 0.15) is 17.0 Å². The molecule has 5 rings (SSSR count). The molecular weight excluding hydrogens is 581 g/mol. The summed E-state index contributed by atoms with van der Waals surface area (Å²) in [6.45, 7) is 0.364. The van der Waals surface area contributed by atoms with E-state index >= 15 is 0 Å². The second-order valence-corrected chi connectivity index (χ2v) is 9.75. The molecule has 0 atom stereocenters. The average Bonchev–Trinajstić information content (AvgIpc) is 3.01. The van der Waals surface area contributed by atoms with Crippen LogP contribution in [0.3, 0.4) is 0 Å². The average molecular weight is 598 g/mol. The number of amides is 1. The Labute approximate surface area is 206 Å². The van der Waals surface area contributed by atoms with Crippen LogP contribution >= 0.6 is 38.5 Å². The molecule has 0 N–H and O–H groups in total. The smallest absolute Gasteiger partial charge is 0.261 e. The Morgan fingerprint density at radius 3 is 2.59 bits per heavy atom. The number of aromatic nitrogens is 2. The lowest BCUT2D eigenvalue weighted by atomic mass is 10.1. The number of halogens is 2. The number of nitrogens with zero attached hydrogens (tertiary/aromatic N) is 3. The Kier molecular flexibility index (Phi) is 5.46.